The summed E-state index contributed by atoms with van der Waals surface area (Å²) in [7, 11) is 0. The fourth-order valence-corrected chi connectivity index (χ4v) is 6.39. The Hall–Kier alpha value is -4.26. The zero-order valence-corrected chi connectivity index (χ0v) is 21.7. The minimum Gasteiger partial charge on any atom is -0.339 e. The Bertz CT molecular complexity index is 1620. The average Bonchev–Trinajstić information content (AvgIpc) is 3.84. The number of piperazine rings is 1. The minimum absolute atomic E-state index is 0.0117. The second-order valence-corrected chi connectivity index (χ2v) is 11.0. The first-order valence-electron chi connectivity index (χ1n) is 13.8. The molecule has 2 amide bonds. The van der Waals surface area contributed by atoms with Crippen molar-refractivity contribution in [2.45, 2.75) is 31.1 Å². The number of hydrogen-bond donors (Lipinski definition) is 1. The molecule has 1 N–H and O–H groups in total. The monoisotopic (exact) mass is 518 g/mol. The molecule has 39 heavy (non-hydrogen) atoms. The lowest BCUT2D eigenvalue weighted by molar-refractivity contribution is -0.134. The molecule has 3 aromatic carbocycles. The van der Waals surface area contributed by atoms with Gasteiger partial charge < -0.3 is 9.80 Å². The van der Waals surface area contributed by atoms with Crippen LogP contribution in [0.4, 0.5) is 0 Å². The highest BCUT2D eigenvalue weighted by Crippen LogP contribution is 2.46. The van der Waals surface area contributed by atoms with Crippen molar-refractivity contribution < 1.29 is 9.59 Å². The first kappa shape index (κ1) is 23.8. The zero-order chi connectivity index (χ0) is 26.5. The molecular formula is C32H30N4O3. The number of carbonyl (C=O) groups is 2. The standard InChI is InChI=1S/C32H30N4O3/c37-30-25-8-4-7-24-19-26(27(21-5-2-1-3-6-21)29(28(24)25)33-34-30)20-9-11-22(12-10-20)31(38)35-15-17-36(18-16-35)32(39)23-13-14-23/h1-12,23,26-27H,13-19H2,(H,34,37). The van der Waals surface area contributed by atoms with Crippen molar-refractivity contribution in [3.05, 3.63) is 111 Å². The molecule has 7 heteroatoms. The Kier molecular flexibility index (Phi) is 5.80. The fourth-order valence-electron chi connectivity index (χ4n) is 6.39. The predicted octanol–water partition coefficient (Wildman–Crippen LogP) is 4.09. The molecule has 0 bridgehead atoms. The van der Waals surface area contributed by atoms with Gasteiger partial charge in [0.2, 0.25) is 5.91 Å². The number of rotatable bonds is 4. The van der Waals surface area contributed by atoms with Crippen molar-refractivity contribution in [2.24, 2.45) is 5.92 Å². The van der Waals surface area contributed by atoms with Crippen LogP contribution in [0.1, 0.15) is 57.4 Å². The lowest BCUT2D eigenvalue weighted by atomic mass is 9.71. The molecule has 0 radical (unpaired) electrons. The molecule has 1 aliphatic heterocycles. The molecule has 1 saturated carbocycles. The van der Waals surface area contributed by atoms with Crippen LogP contribution in [-0.4, -0.2) is 58.0 Å². The number of hydrogen-bond acceptors (Lipinski definition) is 4. The van der Waals surface area contributed by atoms with Gasteiger partial charge in [-0.05, 0) is 54.2 Å². The summed E-state index contributed by atoms with van der Waals surface area (Å²) in [6.07, 6.45) is 2.79. The summed E-state index contributed by atoms with van der Waals surface area (Å²) in [6.45, 7) is 2.37. The molecule has 2 aliphatic carbocycles. The van der Waals surface area contributed by atoms with E-state index in [1.54, 1.807) is 0 Å². The van der Waals surface area contributed by atoms with Crippen molar-refractivity contribution in [1.82, 2.24) is 20.0 Å². The minimum atomic E-state index is -0.165. The van der Waals surface area contributed by atoms with Crippen LogP contribution in [0.3, 0.4) is 0 Å². The number of benzene rings is 3. The topological polar surface area (TPSA) is 86.4 Å². The van der Waals surface area contributed by atoms with Gasteiger partial charge in [-0.3, -0.25) is 14.4 Å². The molecule has 7 nitrogen and oxygen atoms in total. The third kappa shape index (κ3) is 4.22. The predicted molar refractivity (Wildman–Crippen MR) is 149 cm³/mol. The van der Waals surface area contributed by atoms with E-state index in [0.29, 0.717) is 37.1 Å². The van der Waals surface area contributed by atoms with Gasteiger partial charge >= 0.3 is 0 Å². The van der Waals surface area contributed by atoms with Crippen LogP contribution >= 0.6 is 0 Å². The Balaban J connectivity index is 1.17. The molecule has 1 aromatic heterocycles. The van der Waals surface area contributed by atoms with Gasteiger partial charge in [0.05, 0.1) is 11.1 Å². The maximum atomic E-state index is 13.3. The van der Waals surface area contributed by atoms with Crippen LogP contribution in [0.5, 0.6) is 0 Å². The van der Waals surface area contributed by atoms with Gasteiger partial charge in [-0.15, -0.1) is 0 Å². The Morgan fingerprint density at radius 3 is 2.23 bits per heavy atom. The lowest BCUT2D eigenvalue weighted by Crippen LogP contribution is -2.51. The van der Waals surface area contributed by atoms with Gasteiger partial charge in [0.15, 0.2) is 0 Å². The molecule has 2 unspecified atom stereocenters. The molecule has 2 fully saturated rings. The summed E-state index contributed by atoms with van der Waals surface area (Å²) >= 11 is 0. The number of aromatic amines is 1. The van der Waals surface area contributed by atoms with Crippen molar-refractivity contribution in [2.75, 3.05) is 26.2 Å². The second kappa shape index (κ2) is 9.49. The van der Waals surface area contributed by atoms with Gasteiger partial charge in [-0.1, -0.05) is 54.6 Å². The molecule has 3 aliphatic rings. The van der Waals surface area contributed by atoms with E-state index in [2.05, 4.69) is 40.5 Å². The van der Waals surface area contributed by atoms with E-state index in [0.717, 1.165) is 47.0 Å². The van der Waals surface area contributed by atoms with Crippen LogP contribution in [0.25, 0.3) is 10.8 Å². The number of nitrogens with one attached hydrogen (secondary N) is 1. The fraction of sp³-hybridized carbons (Fsp3) is 0.312. The molecule has 196 valence electrons. The van der Waals surface area contributed by atoms with E-state index in [4.69, 9.17) is 0 Å². The van der Waals surface area contributed by atoms with Crippen LogP contribution in [0.15, 0.2) is 77.6 Å². The van der Waals surface area contributed by atoms with Crippen LogP contribution < -0.4 is 5.56 Å². The van der Waals surface area contributed by atoms with Gasteiger partial charge in [0.25, 0.3) is 11.5 Å². The number of amides is 2. The van der Waals surface area contributed by atoms with Crippen LogP contribution in [0, 0.1) is 5.92 Å². The van der Waals surface area contributed by atoms with E-state index in [1.807, 2.05) is 52.3 Å². The first-order chi connectivity index (χ1) is 19.1. The van der Waals surface area contributed by atoms with Gasteiger partial charge in [-0.2, -0.15) is 5.10 Å². The van der Waals surface area contributed by atoms with Crippen molar-refractivity contribution in [3.63, 3.8) is 0 Å². The largest absolute Gasteiger partial charge is 0.339 e. The smallest absolute Gasteiger partial charge is 0.272 e. The highest BCUT2D eigenvalue weighted by atomic mass is 16.2. The summed E-state index contributed by atoms with van der Waals surface area (Å²) in [4.78, 5) is 42.0. The maximum absolute atomic E-state index is 13.3. The Labute approximate surface area is 226 Å². The summed E-state index contributed by atoms with van der Waals surface area (Å²) in [5.41, 5.74) is 4.80. The van der Waals surface area contributed by atoms with E-state index < -0.39 is 0 Å². The maximum Gasteiger partial charge on any atom is 0.272 e. The van der Waals surface area contributed by atoms with Gasteiger partial charge in [-0.25, -0.2) is 5.10 Å². The molecule has 0 spiro atoms. The summed E-state index contributed by atoms with van der Waals surface area (Å²) in [5, 5.41) is 8.94. The van der Waals surface area contributed by atoms with E-state index in [1.165, 1.54) is 0 Å². The molecular weight excluding hydrogens is 488 g/mol. The quantitative estimate of drug-likeness (QED) is 0.441. The lowest BCUT2D eigenvalue weighted by Gasteiger charge is -2.35. The van der Waals surface area contributed by atoms with Crippen LogP contribution in [-0.2, 0) is 11.2 Å². The highest BCUT2D eigenvalue weighted by Gasteiger charge is 2.36. The van der Waals surface area contributed by atoms with Gasteiger partial charge in [0, 0.05) is 54.9 Å². The van der Waals surface area contributed by atoms with Gasteiger partial charge in [0.1, 0.15) is 0 Å². The average molecular weight is 519 g/mol. The molecule has 2 atom stereocenters. The zero-order valence-electron chi connectivity index (χ0n) is 21.7. The Morgan fingerprint density at radius 1 is 0.795 bits per heavy atom. The van der Waals surface area contributed by atoms with Crippen molar-refractivity contribution in [1.29, 1.82) is 0 Å². The SMILES string of the molecule is O=C(c1ccc(C2Cc3cccc4c(=O)[nH]nc(c34)C2c2ccccc2)cc1)N1CCN(C(=O)C2CC2)CC1. The number of nitrogens with zero attached hydrogens (tertiary/aromatic N) is 3. The molecule has 4 aromatic rings. The second-order valence-electron chi connectivity index (χ2n) is 11.0. The van der Waals surface area contributed by atoms with E-state index in [-0.39, 0.29) is 35.1 Å². The van der Waals surface area contributed by atoms with Crippen molar-refractivity contribution >= 4 is 22.6 Å². The van der Waals surface area contributed by atoms with Crippen molar-refractivity contribution in [3.8, 4) is 0 Å². The highest BCUT2D eigenvalue weighted by molar-refractivity contribution is 5.94. The third-order valence-electron chi connectivity index (χ3n) is 8.62. The van der Waals surface area contributed by atoms with E-state index >= 15 is 0 Å². The first-order valence-corrected chi connectivity index (χ1v) is 13.8. The normalized spacial score (nSPS) is 20.7. The summed E-state index contributed by atoms with van der Waals surface area (Å²) in [5.74, 6) is 0.554. The Morgan fingerprint density at radius 2 is 1.51 bits per heavy atom. The molecule has 7 rings (SSSR count). The number of carbonyl (C=O) groups excluding carboxylic acids is 2. The number of H-pyrrole nitrogens is 1. The van der Waals surface area contributed by atoms with E-state index in [9.17, 15) is 14.4 Å². The summed E-state index contributed by atoms with van der Waals surface area (Å²) in [6, 6.07) is 24.2. The third-order valence-corrected chi connectivity index (χ3v) is 8.62. The molecule has 1 saturated heterocycles. The molecule has 2 heterocycles. The van der Waals surface area contributed by atoms with Crippen LogP contribution in [0.2, 0.25) is 0 Å². The number of aromatic nitrogens is 2. The summed E-state index contributed by atoms with van der Waals surface area (Å²) < 4.78 is 0.